The number of thiophene rings is 1. The standard InChI is InChI=1S/C11H6Cl2INO4S2/c12-9-4-8(10(13)20-9)21(18,19)15-7-2-1-5(14)3-6(7)11(16)17/h1-4,15H,(H,16,17). The molecule has 0 radical (unpaired) electrons. The largest absolute Gasteiger partial charge is 0.478 e. The van der Waals surface area contributed by atoms with Gasteiger partial charge in [-0.15, -0.1) is 11.3 Å². The molecule has 0 unspecified atom stereocenters. The van der Waals surface area contributed by atoms with Gasteiger partial charge in [-0.3, -0.25) is 4.72 Å². The fourth-order valence-electron chi connectivity index (χ4n) is 1.49. The predicted molar refractivity (Wildman–Crippen MR) is 91.3 cm³/mol. The molecule has 1 heterocycles. The van der Waals surface area contributed by atoms with Gasteiger partial charge in [-0.05, 0) is 46.9 Å². The second kappa shape index (κ2) is 6.29. The highest BCUT2D eigenvalue weighted by Gasteiger charge is 2.23. The van der Waals surface area contributed by atoms with Crippen LogP contribution in [0.1, 0.15) is 10.4 Å². The Hall–Kier alpha value is -0.550. The monoisotopic (exact) mass is 477 g/mol. The second-order valence-corrected chi connectivity index (χ2v) is 8.97. The first-order valence-corrected chi connectivity index (χ1v) is 9.34. The first kappa shape index (κ1) is 16.8. The molecule has 0 aliphatic rings. The summed E-state index contributed by atoms with van der Waals surface area (Å²) in [6.07, 6.45) is 0. The summed E-state index contributed by atoms with van der Waals surface area (Å²) in [6.45, 7) is 0. The predicted octanol–water partition coefficient (Wildman–Crippen LogP) is 4.16. The molecule has 1 aromatic heterocycles. The van der Waals surface area contributed by atoms with Crippen molar-refractivity contribution in [3.63, 3.8) is 0 Å². The van der Waals surface area contributed by atoms with Crippen molar-refractivity contribution in [2.24, 2.45) is 0 Å². The maximum Gasteiger partial charge on any atom is 0.337 e. The number of nitrogens with one attached hydrogen (secondary N) is 1. The summed E-state index contributed by atoms with van der Waals surface area (Å²) in [5.74, 6) is -1.24. The van der Waals surface area contributed by atoms with E-state index in [1.807, 2.05) is 22.6 Å². The van der Waals surface area contributed by atoms with Crippen LogP contribution in [0.3, 0.4) is 0 Å². The topological polar surface area (TPSA) is 83.5 Å². The minimum atomic E-state index is -4.01. The molecule has 0 atom stereocenters. The van der Waals surface area contributed by atoms with Crippen LogP contribution in [-0.4, -0.2) is 19.5 Å². The number of hydrogen-bond acceptors (Lipinski definition) is 4. The molecule has 2 N–H and O–H groups in total. The zero-order valence-electron chi connectivity index (χ0n) is 9.93. The molecule has 0 aliphatic carbocycles. The molecule has 0 amide bonds. The van der Waals surface area contributed by atoms with Crippen molar-refractivity contribution < 1.29 is 18.3 Å². The Morgan fingerprint density at radius 3 is 2.48 bits per heavy atom. The van der Waals surface area contributed by atoms with E-state index < -0.39 is 16.0 Å². The van der Waals surface area contributed by atoms with Gasteiger partial charge in [0.15, 0.2) is 0 Å². The van der Waals surface area contributed by atoms with Crippen LogP contribution in [0.2, 0.25) is 8.67 Å². The zero-order valence-corrected chi connectivity index (χ0v) is 15.2. The molecule has 0 saturated carbocycles. The number of sulfonamides is 1. The summed E-state index contributed by atoms with van der Waals surface area (Å²) < 4.78 is 27.6. The number of aromatic carboxylic acids is 1. The second-order valence-electron chi connectivity index (χ2n) is 3.79. The van der Waals surface area contributed by atoms with Gasteiger partial charge in [-0.25, -0.2) is 13.2 Å². The fourth-order valence-corrected chi connectivity index (χ4v) is 5.21. The van der Waals surface area contributed by atoms with E-state index in [0.29, 0.717) is 3.57 Å². The Kier molecular flexibility index (Phi) is 5.03. The summed E-state index contributed by atoms with van der Waals surface area (Å²) in [6, 6.07) is 5.55. The highest BCUT2D eigenvalue weighted by Crippen LogP contribution is 2.35. The van der Waals surface area contributed by atoms with Crippen molar-refractivity contribution in [1.29, 1.82) is 0 Å². The third-order valence-electron chi connectivity index (χ3n) is 2.37. The first-order valence-electron chi connectivity index (χ1n) is 5.21. The molecule has 5 nitrogen and oxygen atoms in total. The highest BCUT2D eigenvalue weighted by atomic mass is 127. The van der Waals surface area contributed by atoms with Crippen LogP contribution >= 0.6 is 57.1 Å². The molecule has 0 saturated heterocycles. The zero-order chi connectivity index (χ0) is 15.8. The third-order valence-corrected chi connectivity index (χ3v) is 6.16. The van der Waals surface area contributed by atoms with Gasteiger partial charge in [-0.2, -0.15) is 0 Å². The fraction of sp³-hybridized carbons (Fsp3) is 0. The molecule has 2 rings (SSSR count). The van der Waals surface area contributed by atoms with Crippen LogP contribution in [0, 0.1) is 3.57 Å². The quantitative estimate of drug-likeness (QED) is 0.647. The maximum absolute atomic E-state index is 12.3. The van der Waals surface area contributed by atoms with E-state index in [0.717, 1.165) is 11.3 Å². The van der Waals surface area contributed by atoms with E-state index in [1.54, 1.807) is 6.07 Å². The summed E-state index contributed by atoms with van der Waals surface area (Å²) in [5, 5.41) is 9.13. The highest BCUT2D eigenvalue weighted by molar-refractivity contribution is 14.1. The van der Waals surface area contributed by atoms with E-state index in [1.165, 1.54) is 18.2 Å². The number of benzene rings is 1. The van der Waals surface area contributed by atoms with Crippen molar-refractivity contribution >= 4 is 78.8 Å². The molecule has 10 heteroatoms. The molecular weight excluding hydrogens is 472 g/mol. The number of carboxylic acid groups (broad SMARTS) is 1. The lowest BCUT2D eigenvalue weighted by Gasteiger charge is -2.10. The number of halogens is 3. The average Bonchev–Trinajstić information content (AvgIpc) is 2.71. The van der Waals surface area contributed by atoms with Crippen LogP contribution in [0.25, 0.3) is 0 Å². The van der Waals surface area contributed by atoms with Gasteiger partial charge in [0.05, 0.1) is 15.6 Å². The lowest BCUT2D eigenvalue weighted by atomic mass is 10.2. The number of carbonyl (C=O) groups is 1. The SMILES string of the molecule is O=C(O)c1cc(I)ccc1NS(=O)(=O)c1cc(Cl)sc1Cl. The molecule has 112 valence electrons. The number of rotatable bonds is 4. The van der Waals surface area contributed by atoms with Gasteiger partial charge in [-0.1, -0.05) is 23.2 Å². The average molecular weight is 478 g/mol. The van der Waals surface area contributed by atoms with Crippen molar-refractivity contribution in [3.8, 4) is 0 Å². The smallest absolute Gasteiger partial charge is 0.337 e. The molecular formula is C11H6Cl2INO4S2. The van der Waals surface area contributed by atoms with E-state index in [2.05, 4.69) is 4.72 Å². The van der Waals surface area contributed by atoms with E-state index in [4.69, 9.17) is 28.3 Å². The molecule has 0 spiro atoms. The van der Waals surface area contributed by atoms with Crippen molar-refractivity contribution in [2.45, 2.75) is 4.90 Å². The third kappa shape index (κ3) is 3.81. The molecule has 0 aliphatic heterocycles. The van der Waals surface area contributed by atoms with E-state index in [9.17, 15) is 13.2 Å². The lowest BCUT2D eigenvalue weighted by Crippen LogP contribution is -2.15. The molecule has 21 heavy (non-hydrogen) atoms. The molecule has 2 aromatic rings. The first-order chi connectivity index (χ1) is 9.70. The Morgan fingerprint density at radius 2 is 1.95 bits per heavy atom. The van der Waals surface area contributed by atoms with Gasteiger partial charge < -0.3 is 5.11 Å². The minimum Gasteiger partial charge on any atom is -0.478 e. The van der Waals surface area contributed by atoms with Crippen LogP contribution in [0.4, 0.5) is 5.69 Å². The Labute approximate surface area is 148 Å². The maximum atomic E-state index is 12.3. The van der Waals surface area contributed by atoms with Crippen molar-refractivity contribution in [3.05, 3.63) is 42.1 Å². The molecule has 1 aromatic carbocycles. The van der Waals surface area contributed by atoms with Crippen molar-refractivity contribution in [1.82, 2.24) is 0 Å². The van der Waals surface area contributed by atoms with E-state index >= 15 is 0 Å². The molecule has 0 bridgehead atoms. The van der Waals surface area contributed by atoms with Crippen LogP contribution in [-0.2, 0) is 10.0 Å². The Bertz CT molecular complexity index is 820. The summed E-state index contributed by atoms with van der Waals surface area (Å²) in [4.78, 5) is 11.0. The van der Waals surface area contributed by atoms with Gasteiger partial charge in [0.25, 0.3) is 10.0 Å². The van der Waals surface area contributed by atoms with Crippen LogP contribution < -0.4 is 4.72 Å². The lowest BCUT2D eigenvalue weighted by molar-refractivity contribution is 0.0698. The van der Waals surface area contributed by atoms with Crippen LogP contribution in [0.15, 0.2) is 29.2 Å². The minimum absolute atomic E-state index is 0.00915. The van der Waals surface area contributed by atoms with Crippen LogP contribution in [0.5, 0.6) is 0 Å². The van der Waals surface area contributed by atoms with Gasteiger partial charge in [0.2, 0.25) is 0 Å². The Balaban J connectivity index is 2.47. The summed E-state index contributed by atoms with van der Waals surface area (Å²) >= 11 is 14.4. The van der Waals surface area contributed by atoms with Gasteiger partial charge in [0.1, 0.15) is 9.23 Å². The normalized spacial score (nSPS) is 11.4. The van der Waals surface area contributed by atoms with Gasteiger partial charge in [0, 0.05) is 3.57 Å². The Morgan fingerprint density at radius 1 is 1.29 bits per heavy atom. The van der Waals surface area contributed by atoms with E-state index in [-0.39, 0.29) is 24.8 Å². The van der Waals surface area contributed by atoms with Crippen molar-refractivity contribution in [2.75, 3.05) is 4.72 Å². The number of hydrogen-bond donors (Lipinski definition) is 2. The summed E-state index contributed by atoms with van der Waals surface area (Å²) in [7, 11) is -4.01. The number of carboxylic acids is 1. The van der Waals surface area contributed by atoms with Gasteiger partial charge >= 0.3 is 5.97 Å². The molecule has 0 fully saturated rings. The summed E-state index contributed by atoms with van der Waals surface area (Å²) in [5.41, 5.74) is -0.191. The number of anilines is 1.